The van der Waals surface area contributed by atoms with Gasteiger partial charge in [0.15, 0.2) is 0 Å². The van der Waals surface area contributed by atoms with Gasteiger partial charge < -0.3 is 15.7 Å². The molecule has 4 atom stereocenters. The molecule has 2 amide bonds. The first-order valence-corrected chi connectivity index (χ1v) is 11.3. The van der Waals surface area contributed by atoms with E-state index in [0.717, 1.165) is 49.0 Å². The number of nitrogens with one attached hydrogen (secondary N) is 2. The van der Waals surface area contributed by atoms with Crippen LogP contribution < -0.4 is 10.6 Å². The molecule has 6 nitrogen and oxygen atoms in total. The van der Waals surface area contributed by atoms with Gasteiger partial charge in [0.05, 0.1) is 17.4 Å². The molecule has 2 fully saturated rings. The van der Waals surface area contributed by atoms with Crippen LogP contribution in [0.5, 0.6) is 0 Å². The van der Waals surface area contributed by atoms with Crippen molar-refractivity contribution in [2.75, 3.05) is 5.32 Å². The quantitative estimate of drug-likeness (QED) is 0.635. The molecule has 0 radical (unpaired) electrons. The zero-order valence-electron chi connectivity index (χ0n) is 16.9. The van der Waals surface area contributed by atoms with E-state index >= 15 is 0 Å². The number of allylic oxidation sites excluding steroid dienone is 2. The van der Waals surface area contributed by atoms with Crippen molar-refractivity contribution in [1.29, 1.82) is 0 Å². The Morgan fingerprint density at radius 2 is 1.62 bits per heavy atom. The topological polar surface area (TPSA) is 95.5 Å². The van der Waals surface area contributed by atoms with Gasteiger partial charge in [0.1, 0.15) is 5.00 Å². The molecule has 0 aliphatic heterocycles. The van der Waals surface area contributed by atoms with E-state index in [1.54, 1.807) is 0 Å². The lowest BCUT2D eigenvalue weighted by molar-refractivity contribution is -0.151. The van der Waals surface area contributed by atoms with Gasteiger partial charge in [0.2, 0.25) is 5.91 Å². The van der Waals surface area contributed by atoms with Crippen LogP contribution in [-0.4, -0.2) is 28.9 Å². The fourth-order valence-corrected chi connectivity index (χ4v) is 6.26. The Morgan fingerprint density at radius 3 is 2.21 bits per heavy atom. The number of hydrogen-bond acceptors (Lipinski definition) is 4. The monoisotopic (exact) mass is 416 g/mol. The highest BCUT2D eigenvalue weighted by atomic mass is 32.1. The largest absolute Gasteiger partial charge is 0.481 e. The second-order valence-electron chi connectivity index (χ2n) is 8.61. The lowest BCUT2D eigenvalue weighted by atomic mass is 9.62. The SMILES string of the molecule is Cc1sc(NC(=O)[C@H]2[C@@H](C(=O)O)[C@H]3C=C[C@@H]2CC3)c(C(=O)NC2CCCC2)c1C. The number of carboxylic acid groups (broad SMARTS) is 1. The first-order chi connectivity index (χ1) is 13.9. The average molecular weight is 417 g/mol. The van der Waals surface area contributed by atoms with E-state index < -0.39 is 17.8 Å². The molecule has 4 aliphatic rings. The van der Waals surface area contributed by atoms with Crippen LogP contribution in [0.4, 0.5) is 5.00 Å². The summed E-state index contributed by atoms with van der Waals surface area (Å²) >= 11 is 1.39. The Morgan fingerprint density at radius 1 is 1.00 bits per heavy atom. The number of aliphatic carboxylic acids is 1. The van der Waals surface area contributed by atoms with Crippen LogP contribution in [0.1, 0.15) is 59.3 Å². The molecule has 2 saturated carbocycles. The van der Waals surface area contributed by atoms with Gasteiger partial charge >= 0.3 is 5.97 Å². The normalized spacial score (nSPS) is 28.5. The average Bonchev–Trinajstić information content (AvgIpc) is 3.29. The number of carboxylic acids is 1. The summed E-state index contributed by atoms with van der Waals surface area (Å²) in [6.07, 6.45) is 9.84. The lowest BCUT2D eigenvalue weighted by Crippen LogP contribution is -2.47. The Bertz CT molecular complexity index is 868. The summed E-state index contributed by atoms with van der Waals surface area (Å²) in [5.74, 6) is -2.78. The van der Waals surface area contributed by atoms with Gasteiger partial charge in [-0.3, -0.25) is 14.4 Å². The highest BCUT2D eigenvalue weighted by Gasteiger charge is 2.48. The number of thiophene rings is 1. The predicted molar refractivity (Wildman–Crippen MR) is 112 cm³/mol. The summed E-state index contributed by atoms with van der Waals surface area (Å²) in [4.78, 5) is 39.0. The van der Waals surface area contributed by atoms with Crippen LogP contribution in [0.2, 0.25) is 0 Å². The van der Waals surface area contributed by atoms with Gasteiger partial charge in [0, 0.05) is 10.9 Å². The zero-order valence-corrected chi connectivity index (χ0v) is 17.7. The summed E-state index contributed by atoms with van der Waals surface area (Å²) in [7, 11) is 0. The first kappa shape index (κ1) is 20.1. The molecule has 1 aromatic heterocycles. The third kappa shape index (κ3) is 3.72. The van der Waals surface area contributed by atoms with Gasteiger partial charge in [-0.2, -0.15) is 0 Å². The number of carbonyl (C=O) groups excluding carboxylic acids is 2. The molecule has 3 N–H and O–H groups in total. The van der Waals surface area contributed by atoms with Crippen molar-refractivity contribution < 1.29 is 19.5 Å². The Hall–Kier alpha value is -2.15. The molecule has 156 valence electrons. The highest BCUT2D eigenvalue weighted by Crippen LogP contribution is 2.46. The van der Waals surface area contributed by atoms with Crippen LogP contribution in [0.3, 0.4) is 0 Å². The van der Waals surface area contributed by atoms with Crippen LogP contribution >= 0.6 is 11.3 Å². The Balaban J connectivity index is 1.57. The minimum Gasteiger partial charge on any atom is -0.481 e. The van der Waals surface area contributed by atoms with Crippen LogP contribution in [-0.2, 0) is 9.59 Å². The third-order valence-corrected chi connectivity index (χ3v) is 8.00. The van der Waals surface area contributed by atoms with E-state index in [1.165, 1.54) is 11.3 Å². The molecule has 4 aliphatic carbocycles. The number of fused-ring (bicyclic) bond motifs is 2. The number of carbonyl (C=O) groups is 3. The summed E-state index contributed by atoms with van der Waals surface area (Å²) in [5.41, 5.74) is 1.40. The number of amides is 2. The van der Waals surface area contributed by atoms with E-state index in [1.807, 2.05) is 26.0 Å². The maximum atomic E-state index is 13.2. The molecule has 29 heavy (non-hydrogen) atoms. The second kappa shape index (κ2) is 7.94. The summed E-state index contributed by atoms with van der Waals surface area (Å²) in [6.45, 7) is 3.84. The molecule has 0 aromatic carbocycles. The van der Waals surface area contributed by atoms with Gasteiger partial charge in [-0.15, -0.1) is 11.3 Å². The minimum atomic E-state index is -0.915. The van der Waals surface area contributed by atoms with Crippen molar-refractivity contribution in [2.24, 2.45) is 23.7 Å². The summed E-state index contributed by atoms with van der Waals surface area (Å²) < 4.78 is 0. The molecule has 0 saturated heterocycles. The molecule has 5 rings (SSSR count). The summed E-state index contributed by atoms with van der Waals surface area (Å²) in [5, 5.41) is 16.3. The smallest absolute Gasteiger partial charge is 0.307 e. The van der Waals surface area contributed by atoms with Crippen LogP contribution in [0.25, 0.3) is 0 Å². The maximum absolute atomic E-state index is 13.2. The van der Waals surface area contributed by atoms with Crippen molar-refractivity contribution >= 4 is 34.1 Å². The second-order valence-corrected chi connectivity index (χ2v) is 9.84. The number of hydrogen-bond donors (Lipinski definition) is 3. The molecule has 7 heteroatoms. The Kier molecular flexibility index (Phi) is 5.51. The van der Waals surface area contributed by atoms with E-state index in [-0.39, 0.29) is 29.7 Å². The van der Waals surface area contributed by atoms with E-state index in [2.05, 4.69) is 10.6 Å². The molecule has 1 heterocycles. The molecular formula is C22H28N2O4S. The molecule has 0 spiro atoms. The fraction of sp³-hybridized carbons (Fsp3) is 0.591. The van der Waals surface area contributed by atoms with Gasteiger partial charge in [-0.05, 0) is 56.9 Å². The number of aryl methyl sites for hydroxylation is 1. The fourth-order valence-electron chi connectivity index (χ4n) is 5.20. The van der Waals surface area contributed by atoms with E-state index in [0.29, 0.717) is 10.6 Å². The van der Waals surface area contributed by atoms with Gasteiger partial charge in [-0.25, -0.2) is 0 Å². The van der Waals surface area contributed by atoms with Gasteiger partial charge in [-0.1, -0.05) is 25.0 Å². The maximum Gasteiger partial charge on any atom is 0.307 e. The molecule has 1 aromatic rings. The number of anilines is 1. The minimum absolute atomic E-state index is 0.0565. The predicted octanol–water partition coefficient (Wildman–Crippen LogP) is 3.89. The zero-order chi connectivity index (χ0) is 20.7. The van der Waals surface area contributed by atoms with Crippen LogP contribution in [0.15, 0.2) is 12.2 Å². The van der Waals surface area contributed by atoms with Crippen molar-refractivity contribution in [2.45, 2.75) is 58.4 Å². The number of rotatable bonds is 5. The van der Waals surface area contributed by atoms with Crippen molar-refractivity contribution in [3.63, 3.8) is 0 Å². The van der Waals surface area contributed by atoms with Crippen molar-refractivity contribution in [3.05, 3.63) is 28.2 Å². The Labute approximate surface area is 174 Å². The molecular weight excluding hydrogens is 388 g/mol. The lowest BCUT2D eigenvalue weighted by Gasteiger charge is -2.41. The standard InChI is InChI=1S/C22H28N2O4S/c1-11-12(2)29-21(16(11)19(25)23-15-5-3-4-6-15)24-20(26)17-13-7-9-14(10-8-13)18(17)22(27)28/h7,9,13-15,17-18H,3-6,8,10H2,1-2H3,(H,23,25)(H,24,26)(H,27,28)/t13-,14+,17-,18+/m1/s1. The van der Waals surface area contributed by atoms with Crippen molar-refractivity contribution in [1.82, 2.24) is 5.32 Å². The van der Waals surface area contributed by atoms with Gasteiger partial charge in [0.25, 0.3) is 5.91 Å². The first-order valence-electron chi connectivity index (χ1n) is 10.5. The summed E-state index contributed by atoms with van der Waals surface area (Å²) in [6, 6.07) is 0.196. The molecule has 2 bridgehead atoms. The molecule has 0 unspecified atom stereocenters. The third-order valence-electron chi connectivity index (χ3n) is 6.88. The highest BCUT2D eigenvalue weighted by molar-refractivity contribution is 7.16. The van der Waals surface area contributed by atoms with Crippen molar-refractivity contribution in [3.8, 4) is 0 Å². The van der Waals surface area contributed by atoms with E-state index in [4.69, 9.17) is 0 Å². The van der Waals surface area contributed by atoms with Crippen LogP contribution in [0, 0.1) is 37.5 Å². The van der Waals surface area contributed by atoms with E-state index in [9.17, 15) is 19.5 Å².